The SMILES string of the molecule is COn1c(=O)[nH]c(=O)c2cccnc21. The Balaban J connectivity index is 3.06. The van der Waals surface area contributed by atoms with Crippen LogP contribution in [0.25, 0.3) is 11.0 Å². The molecule has 0 atom stereocenters. The van der Waals surface area contributed by atoms with Gasteiger partial charge in [-0.25, -0.2) is 9.78 Å². The van der Waals surface area contributed by atoms with Gasteiger partial charge in [-0.2, -0.15) is 0 Å². The van der Waals surface area contributed by atoms with Crippen LogP contribution in [0.5, 0.6) is 0 Å². The van der Waals surface area contributed by atoms with Gasteiger partial charge in [0.25, 0.3) is 5.56 Å². The molecule has 0 amide bonds. The van der Waals surface area contributed by atoms with Crippen molar-refractivity contribution in [2.75, 3.05) is 7.11 Å². The maximum atomic E-state index is 11.3. The number of nitrogens with zero attached hydrogens (tertiary/aromatic N) is 2. The van der Waals surface area contributed by atoms with Crippen LogP contribution >= 0.6 is 0 Å². The van der Waals surface area contributed by atoms with Crippen molar-refractivity contribution in [1.82, 2.24) is 14.7 Å². The summed E-state index contributed by atoms with van der Waals surface area (Å²) in [4.78, 5) is 33.3. The molecule has 0 aromatic carbocycles. The van der Waals surface area contributed by atoms with E-state index in [0.717, 1.165) is 4.73 Å². The van der Waals surface area contributed by atoms with Crippen LogP contribution in [0.15, 0.2) is 27.9 Å². The Morgan fingerprint density at radius 2 is 2.29 bits per heavy atom. The molecule has 0 saturated carbocycles. The van der Waals surface area contributed by atoms with Crippen LogP contribution in [0.4, 0.5) is 0 Å². The van der Waals surface area contributed by atoms with Crippen LogP contribution in [0.2, 0.25) is 0 Å². The van der Waals surface area contributed by atoms with E-state index in [1.165, 1.54) is 13.3 Å². The van der Waals surface area contributed by atoms with Crippen molar-refractivity contribution < 1.29 is 4.84 Å². The third-order valence-corrected chi connectivity index (χ3v) is 1.81. The fraction of sp³-hybridized carbons (Fsp3) is 0.125. The van der Waals surface area contributed by atoms with Gasteiger partial charge in [0.15, 0.2) is 5.65 Å². The number of hydrogen-bond acceptors (Lipinski definition) is 4. The highest BCUT2D eigenvalue weighted by atomic mass is 16.7. The van der Waals surface area contributed by atoms with Gasteiger partial charge < -0.3 is 4.84 Å². The number of aromatic amines is 1. The summed E-state index contributed by atoms with van der Waals surface area (Å²) in [5, 5.41) is 0.314. The molecule has 0 fully saturated rings. The number of pyridine rings is 1. The number of aromatic nitrogens is 3. The highest BCUT2D eigenvalue weighted by Gasteiger charge is 2.06. The van der Waals surface area contributed by atoms with E-state index in [-0.39, 0.29) is 5.65 Å². The highest BCUT2D eigenvalue weighted by Crippen LogP contribution is 2.00. The van der Waals surface area contributed by atoms with Crippen LogP contribution in [0, 0.1) is 0 Å². The Morgan fingerprint density at radius 3 is 3.00 bits per heavy atom. The summed E-state index contributed by atoms with van der Waals surface area (Å²) in [5.74, 6) is 0. The zero-order valence-corrected chi connectivity index (χ0v) is 7.35. The maximum Gasteiger partial charge on any atom is 0.363 e. The van der Waals surface area contributed by atoms with E-state index in [1.807, 2.05) is 0 Å². The molecule has 1 N–H and O–H groups in total. The summed E-state index contributed by atoms with van der Waals surface area (Å²) in [6, 6.07) is 3.18. The Hall–Kier alpha value is -2.11. The van der Waals surface area contributed by atoms with Gasteiger partial charge in [-0.1, -0.05) is 0 Å². The monoisotopic (exact) mass is 193 g/mol. The predicted octanol–water partition coefficient (Wildman–Crippen LogP) is -0.857. The summed E-state index contributed by atoms with van der Waals surface area (Å²) in [6.07, 6.45) is 1.48. The van der Waals surface area contributed by atoms with E-state index in [9.17, 15) is 9.59 Å². The molecule has 0 bridgehead atoms. The largest absolute Gasteiger partial charge is 0.411 e. The molecule has 0 unspecified atom stereocenters. The second kappa shape index (κ2) is 2.99. The molecule has 2 rings (SSSR count). The Morgan fingerprint density at radius 1 is 1.50 bits per heavy atom. The maximum absolute atomic E-state index is 11.3. The lowest BCUT2D eigenvalue weighted by Crippen LogP contribution is -2.33. The zero-order chi connectivity index (χ0) is 10.1. The van der Waals surface area contributed by atoms with Crippen molar-refractivity contribution in [2.45, 2.75) is 0 Å². The van der Waals surface area contributed by atoms with Gasteiger partial charge in [0.1, 0.15) is 7.11 Å². The third-order valence-electron chi connectivity index (χ3n) is 1.81. The fourth-order valence-electron chi connectivity index (χ4n) is 1.22. The number of rotatable bonds is 1. The highest BCUT2D eigenvalue weighted by molar-refractivity contribution is 5.72. The Bertz CT molecular complexity index is 584. The quantitative estimate of drug-likeness (QED) is 0.639. The molecule has 14 heavy (non-hydrogen) atoms. The van der Waals surface area contributed by atoms with Crippen LogP contribution in [0.3, 0.4) is 0 Å². The molecule has 6 nitrogen and oxygen atoms in total. The molecule has 0 aliphatic carbocycles. The Kier molecular flexibility index (Phi) is 1.81. The van der Waals surface area contributed by atoms with Gasteiger partial charge in [-0.3, -0.25) is 9.78 Å². The minimum Gasteiger partial charge on any atom is -0.411 e. The summed E-state index contributed by atoms with van der Waals surface area (Å²) in [5.41, 5.74) is -0.890. The van der Waals surface area contributed by atoms with Crippen LogP contribution in [0.1, 0.15) is 0 Å². The molecular weight excluding hydrogens is 186 g/mol. The number of fused-ring (bicyclic) bond motifs is 1. The molecule has 2 heterocycles. The first-order valence-corrected chi connectivity index (χ1v) is 3.88. The van der Waals surface area contributed by atoms with Gasteiger partial charge in [0.2, 0.25) is 0 Å². The topological polar surface area (TPSA) is 77.0 Å². The van der Waals surface area contributed by atoms with E-state index >= 15 is 0 Å². The second-order valence-electron chi connectivity index (χ2n) is 2.61. The van der Waals surface area contributed by atoms with E-state index in [2.05, 4.69) is 9.97 Å². The first-order chi connectivity index (χ1) is 6.74. The molecule has 0 aliphatic heterocycles. The van der Waals surface area contributed by atoms with Crippen LogP contribution < -0.4 is 16.1 Å². The molecule has 2 aromatic rings. The van der Waals surface area contributed by atoms with Crippen molar-refractivity contribution in [3.8, 4) is 0 Å². The van der Waals surface area contributed by atoms with Crippen LogP contribution in [-0.2, 0) is 0 Å². The minimum absolute atomic E-state index is 0.212. The molecule has 0 radical (unpaired) electrons. The van der Waals surface area contributed by atoms with Crippen molar-refractivity contribution in [3.05, 3.63) is 39.2 Å². The van der Waals surface area contributed by atoms with Gasteiger partial charge in [0, 0.05) is 6.20 Å². The minimum atomic E-state index is -0.635. The molecule has 0 aliphatic rings. The molecule has 2 aromatic heterocycles. The lowest BCUT2D eigenvalue weighted by Gasteiger charge is -2.04. The van der Waals surface area contributed by atoms with Gasteiger partial charge in [-0.15, -0.1) is 4.73 Å². The average molecular weight is 193 g/mol. The van der Waals surface area contributed by atoms with Crippen molar-refractivity contribution in [2.24, 2.45) is 0 Å². The van der Waals surface area contributed by atoms with Crippen molar-refractivity contribution in [1.29, 1.82) is 0 Å². The fourth-order valence-corrected chi connectivity index (χ4v) is 1.22. The molecule has 6 heteroatoms. The molecule has 72 valence electrons. The first kappa shape index (κ1) is 8.49. The molecule has 0 saturated heterocycles. The van der Waals surface area contributed by atoms with Crippen LogP contribution in [-0.4, -0.2) is 21.8 Å². The average Bonchev–Trinajstić information content (AvgIpc) is 2.18. The number of hydrogen-bond donors (Lipinski definition) is 1. The standard InChI is InChI=1S/C8H7N3O3/c1-14-11-6-5(3-2-4-9-6)7(12)10-8(11)13/h2-4H,1H3,(H,10,12,13). The third kappa shape index (κ3) is 1.08. The molecular formula is C8H7N3O3. The first-order valence-electron chi connectivity index (χ1n) is 3.88. The summed E-state index contributed by atoms with van der Waals surface area (Å²) < 4.78 is 0.927. The van der Waals surface area contributed by atoms with E-state index < -0.39 is 11.2 Å². The second-order valence-corrected chi connectivity index (χ2v) is 2.61. The van der Waals surface area contributed by atoms with Gasteiger partial charge in [0.05, 0.1) is 5.39 Å². The molecule has 0 spiro atoms. The lowest BCUT2D eigenvalue weighted by molar-refractivity contribution is 0.163. The van der Waals surface area contributed by atoms with Crippen molar-refractivity contribution in [3.63, 3.8) is 0 Å². The predicted molar refractivity (Wildman–Crippen MR) is 49.1 cm³/mol. The van der Waals surface area contributed by atoms with Crippen molar-refractivity contribution >= 4 is 11.0 Å². The zero-order valence-electron chi connectivity index (χ0n) is 7.35. The smallest absolute Gasteiger partial charge is 0.363 e. The summed E-state index contributed by atoms with van der Waals surface area (Å²) in [6.45, 7) is 0. The van der Waals surface area contributed by atoms with E-state index in [4.69, 9.17) is 4.84 Å². The van der Waals surface area contributed by atoms with Gasteiger partial charge >= 0.3 is 5.69 Å². The Labute approximate surface area is 77.7 Å². The van der Waals surface area contributed by atoms with Gasteiger partial charge in [-0.05, 0) is 12.1 Å². The summed E-state index contributed by atoms with van der Waals surface area (Å²) in [7, 11) is 1.33. The van der Waals surface area contributed by atoms with E-state index in [0.29, 0.717) is 5.39 Å². The summed E-state index contributed by atoms with van der Waals surface area (Å²) >= 11 is 0. The number of H-pyrrole nitrogens is 1. The number of nitrogens with one attached hydrogen (secondary N) is 1. The van der Waals surface area contributed by atoms with E-state index in [1.54, 1.807) is 12.1 Å². The normalized spacial score (nSPS) is 10.4. The lowest BCUT2D eigenvalue weighted by atomic mass is 10.3.